The third kappa shape index (κ3) is 3.10. The Morgan fingerprint density at radius 2 is 2.05 bits per heavy atom. The number of carbonyl (C=O) groups is 2. The first-order valence-corrected chi connectivity index (χ1v) is 6.87. The molecule has 0 aliphatic carbocycles. The van der Waals surface area contributed by atoms with E-state index in [-0.39, 0.29) is 11.9 Å². The quantitative estimate of drug-likeness (QED) is 0.886. The molecule has 20 heavy (non-hydrogen) atoms. The van der Waals surface area contributed by atoms with Crippen LogP contribution in [0.3, 0.4) is 0 Å². The molecule has 0 aromatic heterocycles. The van der Waals surface area contributed by atoms with E-state index in [2.05, 4.69) is 5.32 Å². The number of urea groups is 1. The molecule has 0 bridgehead atoms. The second kappa shape index (κ2) is 5.94. The summed E-state index contributed by atoms with van der Waals surface area (Å²) in [5.74, 6) is -0.776. The number of carboxylic acid groups (broad SMARTS) is 1. The van der Waals surface area contributed by atoms with Crippen LogP contribution in [0.2, 0.25) is 0 Å². The zero-order valence-corrected chi connectivity index (χ0v) is 11.8. The lowest BCUT2D eigenvalue weighted by Crippen LogP contribution is -2.48. The fourth-order valence-corrected chi connectivity index (χ4v) is 2.47. The van der Waals surface area contributed by atoms with Gasteiger partial charge in [-0.05, 0) is 30.4 Å². The van der Waals surface area contributed by atoms with Crippen LogP contribution >= 0.6 is 0 Å². The molecule has 0 saturated carbocycles. The van der Waals surface area contributed by atoms with Gasteiger partial charge in [-0.15, -0.1) is 0 Å². The van der Waals surface area contributed by atoms with Crippen molar-refractivity contribution in [2.45, 2.75) is 32.7 Å². The summed E-state index contributed by atoms with van der Waals surface area (Å²) < 4.78 is 0. The van der Waals surface area contributed by atoms with E-state index in [1.54, 1.807) is 4.90 Å². The first-order valence-electron chi connectivity index (χ1n) is 6.87. The Bertz CT molecular complexity index is 514. The zero-order chi connectivity index (χ0) is 14.7. The smallest absolute Gasteiger partial charge is 0.326 e. The number of para-hydroxylation sites is 1. The molecule has 2 rings (SSSR count). The summed E-state index contributed by atoms with van der Waals surface area (Å²) in [6.45, 7) is 4.47. The van der Waals surface area contributed by atoms with Crippen molar-refractivity contribution < 1.29 is 14.7 Å². The van der Waals surface area contributed by atoms with Gasteiger partial charge in [-0.3, -0.25) is 4.90 Å². The van der Waals surface area contributed by atoms with Crippen LogP contribution in [0.5, 0.6) is 0 Å². The predicted octanol–water partition coefficient (Wildman–Crippen LogP) is 2.26. The van der Waals surface area contributed by atoms with Gasteiger partial charge in [-0.2, -0.15) is 0 Å². The minimum absolute atomic E-state index is 0.210. The molecule has 5 nitrogen and oxygen atoms in total. The lowest BCUT2D eigenvalue weighted by molar-refractivity contribution is -0.139. The SMILES string of the molecule is CC(C)CC(NC(=O)N1CCc2ccccc21)C(=O)O. The number of rotatable bonds is 4. The number of carbonyl (C=O) groups excluding carboxylic acids is 1. The molecule has 2 N–H and O–H groups in total. The van der Waals surface area contributed by atoms with Crippen molar-refractivity contribution >= 4 is 17.7 Å². The number of anilines is 1. The van der Waals surface area contributed by atoms with Crippen molar-refractivity contribution in [1.82, 2.24) is 5.32 Å². The van der Waals surface area contributed by atoms with Crippen LogP contribution in [0, 0.1) is 5.92 Å². The third-order valence-electron chi connectivity index (χ3n) is 3.44. The Morgan fingerprint density at radius 3 is 2.70 bits per heavy atom. The second-order valence-corrected chi connectivity index (χ2v) is 5.50. The number of amides is 2. The molecule has 5 heteroatoms. The van der Waals surface area contributed by atoms with E-state index < -0.39 is 12.0 Å². The molecule has 1 unspecified atom stereocenters. The molecule has 0 saturated heterocycles. The Hall–Kier alpha value is -2.04. The first kappa shape index (κ1) is 14.4. The Labute approximate surface area is 118 Å². The Balaban J connectivity index is 2.07. The van der Waals surface area contributed by atoms with Gasteiger partial charge in [0, 0.05) is 12.2 Å². The fraction of sp³-hybridized carbons (Fsp3) is 0.467. The predicted molar refractivity (Wildman–Crippen MR) is 76.9 cm³/mol. The van der Waals surface area contributed by atoms with Gasteiger partial charge >= 0.3 is 12.0 Å². The number of hydrogen-bond acceptors (Lipinski definition) is 2. The van der Waals surface area contributed by atoms with E-state index >= 15 is 0 Å². The van der Waals surface area contributed by atoms with Crippen molar-refractivity contribution in [3.63, 3.8) is 0 Å². The maximum atomic E-state index is 12.3. The molecular formula is C15H20N2O3. The summed E-state index contributed by atoms with van der Waals surface area (Å²) >= 11 is 0. The maximum absolute atomic E-state index is 12.3. The molecule has 1 aliphatic heterocycles. The van der Waals surface area contributed by atoms with Crippen LogP contribution in [-0.2, 0) is 11.2 Å². The summed E-state index contributed by atoms with van der Waals surface area (Å²) in [7, 11) is 0. The van der Waals surface area contributed by atoms with Crippen LogP contribution < -0.4 is 10.2 Å². The second-order valence-electron chi connectivity index (χ2n) is 5.50. The lowest BCUT2D eigenvalue weighted by Gasteiger charge is -2.22. The van der Waals surface area contributed by atoms with Gasteiger partial charge in [0.25, 0.3) is 0 Å². The molecule has 1 heterocycles. The summed E-state index contributed by atoms with van der Waals surface area (Å²) in [6.07, 6.45) is 1.24. The number of benzene rings is 1. The number of nitrogens with zero attached hydrogens (tertiary/aromatic N) is 1. The van der Waals surface area contributed by atoms with Gasteiger partial charge in [0.1, 0.15) is 6.04 Å². The zero-order valence-electron chi connectivity index (χ0n) is 11.8. The fourth-order valence-electron chi connectivity index (χ4n) is 2.47. The molecular weight excluding hydrogens is 256 g/mol. The van der Waals surface area contributed by atoms with E-state index in [9.17, 15) is 14.7 Å². The minimum atomic E-state index is -0.987. The van der Waals surface area contributed by atoms with E-state index in [1.807, 2.05) is 38.1 Å². The summed E-state index contributed by atoms with van der Waals surface area (Å²) in [4.78, 5) is 25.1. The topological polar surface area (TPSA) is 69.6 Å². The van der Waals surface area contributed by atoms with Crippen molar-refractivity contribution in [2.75, 3.05) is 11.4 Å². The van der Waals surface area contributed by atoms with E-state index in [1.165, 1.54) is 0 Å². The van der Waals surface area contributed by atoms with Gasteiger partial charge in [0.15, 0.2) is 0 Å². The standard InChI is InChI=1S/C15H20N2O3/c1-10(2)9-12(14(18)19)16-15(20)17-8-7-11-5-3-4-6-13(11)17/h3-6,10,12H,7-9H2,1-2H3,(H,16,20)(H,18,19). The maximum Gasteiger partial charge on any atom is 0.326 e. The summed E-state index contributed by atoms with van der Waals surface area (Å²) in [5.41, 5.74) is 2.00. The monoisotopic (exact) mass is 276 g/mol. The largest absolute Gasteiger partial charge is 0.480 e. The van der Waals surface area contributed by atoms with Crippen LogP contribution in [0.1, 0.15) is 25.8 Å². The molecule has 1 atom stereocenters. The van der Waals surface area contributed by atoms with Gasteiger partial charge in [-0.1, -0.05) is 32.0 Å². The highest BCUT2D eigenvalue weighted by Gasteiger charge is 2.28. The highest BCUT2D eigenvalue weighted by atomic mass is 16.4. The van der Waals surface area contributed by atoms with Gasteiger partial charge in [0.05, 0.1) is 0 Å². The summed E-state index contributed by atoms with van der Waals surface area (Å²) in [6, 6.07) is 6.54. The number of carboxylic acids is 1. The third-order valence-corrected chi connectivity index (χ3v) is 3.44. The molecule has 1 aromatic carbocycles. The number of nitrogens with one attached hydrogen (secondary N) is 1. The van der Waals surface area contributed by atoms with Crippen molar-refractivity contribution in [2.24, 2.45) is 5.92 Å². The Morgan fingerprint density at radius 1 is 1.35 bits per heavy atom. The van der Waals surface area contributed by atoms with Crippen LogP contribution in [-0.4, -0.2) is 29.7 Å². The number of aliphatic carboxylic acids is 1. The average Bonchev–Trinajstić information content (AvgIpc) is 2.81. The molecule has 1 aromatic rings. The van der Waals surface area contributed by atoms with Gasteiger partial charge < -0.3 is 10.4 Å². The molecule has 0 spiro atoms. The number of hydrogen-bond donors (Lipinski definition) is 2. The molecule has 108 valence electrons. The summed E-state index contributed by atoms with van der Waals surface area (Å²) in [5, 5.41) is 11.8. The van der Waals surface area contributed by atoms with Crippen molar-refractivity contribution in [3.05, 3.63) is 29.8 Å². The van der Waals surface area contributed by atoms with Crippen molar-refractivity contribution in [1.29, 1.82) is 0 Å². The van der Waals surface area contributed by atoms with Crippen LogP contribution in [0.25, 0.3) is 0 Å². The van der Waals surface area contributed by atoms with Gasteiger partial charge in [-0.25, -0.2) is 9.59 Å². The highest BCUT2D eigenvalue weighted by Crippen LogP contribution is 2.27. The van der Waals surface area contributed by atoms with Gasteiger partial charge in [0.2, 0.25) is 0 Å². The first-order chi connectivity index (χ1) is 9.49. The lowest BCUT2D eigenvalue weighted by atomic mass is 10.0. The van der Waals surface area contributed by atoms with Crippen LogP contribution in [0.15, 0.2) is 24.3 Å². The Kier molecular flexibility index (Phi) is 4.27. The highest BCUT2D eigenvalue weighted by molar-refractivity contribution is 5.96. The van der Waals surface area contributed by atoms with E-state index in [4.69, 9.17) is 0 Å². The van der Waals surface area contributed by atoms with E-state index in [0.29, 0.717) is 13.0 Å². The van der Waals surface area contributed by atoms with E-state index in [0.717, 1.165) is 17.7 Å². The van der Waals surface area contributed by atoms with Crippen LogP contribution in [0.4, 0.5) is 10.5 Å². The molecule has 2 amide bonds. The minimum Gasteiger partial charge on any atom is -0.480 e. The molecule has 0 fully saturated rings. The van der Waals surface area contributed by atoms with Crippen molar-refractivity contribution in [3.8, 4) is 0 Å². The average molecular weight is 276 g/mol. The number of fused-ring (bicyclic) bond motifs is 1. The molecule has 0 radical (unpaired) electrons. The normalized spacial score (nSPS) is 15.1. The molecule has 1 aliphatic rings.